The molecule has 0 fully saturated rings. The molecule has 0 heterocycles. The molecule has 5 heteroatoms. The molecule has 0 aliphatic heterocycles. The van der Waals surface area contributed by atoms with Gasteiger partial charge in [0.1, 0.15) is 17.3 Å². The van der Waals surface area contributed by atoms with Crippen molar-refractivity contribution in [3.8, 4) is 0 Å². The highest BCUT2D eigenvalue weighted by Gasteiger charge is 2.18. The van der Waals surface area contributed by atoms with E-state index in [0.29, 0.717) is 12.1 Å². The minimum atomic E-state index is -0.613. The van der Waals surface area contributed by atoms with Crippen molar-refractivity contribution < 1.29 is 13.9 Å². The molecule has 0 amide bonds. The number of nitrogens with one attached hydrogen (secondary N) is 1. The summed E-state index contributed by atoms with van der Waals surface area (Å²) in [6, 6.07) is 2.26. The lowest BCUT2D eigenvalue weighted by Gasteiger charge is -2.26. The molecule has 17 heavy (non-hydrogen) atoms. The van der Waals surface area contributed by atoms with E-state index in [4.69, 9.17) is 5.11 Å². The van der Waals surface area contributed by atoms with Gasteiger partial charge in [-0.3, -0.25) is 0 Å². The van der Waals surface area contributed by atoms with Crippen molar-refractivity contribution in [3.63, 3.8) is 0 Å². The maximum atomic E-state index is 13.8. The van der Waals surface area contributed by atoms with Gasteiger partial charge in [0.2, 0.25) is 0 Å². The molecule has 0 spiro atoms. The quantitative estimate of drug-likeness (QED) is 0.824. The number of rotatable bonds is 5. The summed E-state index contributed by atoms with van der Waals surface area (Å²) in [6.45, 7) is 1.95. The van der Waals surface area contributed by atoms with Crippen LogP contribution < -0.4 is 10.2 Å². The second-order valence-electron chi connectivity index (χ2n) is 4.08. The van der Waals surface area contributed by atoms with Gasteiger partial charge in [-0.15, -0.1) is 0 Å². The lowest BCUT2D eigenvalue weighted by Crippen LogP contribution is -2.33. The number of anilines is 1. The van der Waals surface area contributed by atoms with Crippen molar-refractivity contribution >= 4 is 5.69 Å². The van der Waals surface area contributed by atoms with Crippen LogP contribution in [0.4, 0.5) is 14.5 Å². The number of aliphatic hydroxyl groups excluding tert-OH is 1. The number of likely N-dealkylation sites (N-methyl/N-ethyl adjacent to an activating group) is 1. The van der Waals surface area contributed by atoms with Gasteiger partial charge in [0, 0.05) is 19.6 Å². The smallest absolute Gasteiger partial charge is 0.149 e. The Kier molecular flexibility index (Phi) is 4.84. The van der Waals surface area contributed by atoms with Gasteiger partial charge in [0.25, 0.3) is 0 Å². The standard InChI is InChI=1S/C12H18F2N2O/c1-8(7-17)16(3)12-10(13)4-9(6-15-2)5-11(12)14/h4-5,8,15,17H,6-7H2,1-3H3. The second kappa shape index (κ2) is 5.93. The molecule has 0 saturated heterocycles. The average molecular weight is 244 g/mol. The van der Waals surface area contributed by atoms with Gasteiger partial charge in [0.05, 0.1) is 6.61 Å². The molecule has 2 N–H and O–H groups in total. The van der Waals surface area contributed by atoms with Crippen molar-refractivity contribution in [3.05, 3.63) is 29.3 Å². The van der Waals surface area contributed by atoms with Crippen LogP contribution in [0.1, 0.15) is 12.5 Å². The Morgan fingerprint density at radius 3 is 2.29 bits per heavy atom. The van der Waals surface area contributed by atoms with Gasteiger partial charge >= 0.3 is 0 Å². The van der Waals surface area contributed by atoms with Crippen molar-refractivity contribution in [1.29, 1.82) is 0 Å². The van der Waals surface area contributed by atoms with E-state index in [1.54, 1.807) is 21.0 Å². The molecule has 1 aromatic carbocycles. The van der Waals surface area contributed by atoms with Crippen LogP contribution in [0.3, 0.4) is 0 Å². The van der Waals surface area contributed by atoms with Crippen LogP contribution in [0.2, 0.25) is 0 Å². The Bertz CT molecular complexity index is 362. The number of benzene rings is 1. The van der Waals surface area contributed by atoms with Gasteiger partial charge in [0.15, 0.2) is 0 Å². The van der Waals surface area contributed by atoms with Crippen LogP contribution in [0.15, 0.2) is 12.1 Å². The molecule has 3 nitrogen and oxygen atoms in total. The summed E-state index contributed by atoms with van der Waals surface area (Å²) >= 11 is 0. The summed E-state index contributed by atoms with van der Waals surface area (Å²) < 4.78 is 27.6. The van der Waals surface area contributed by atoms with E-state index in [-0.39, 0.29) is 18.3 Å². The van der Waals surface area contributed by atoms with Gasteiger partial charge in [-0.1, -0.05) is 0 Å². The predicted octanol–water partition coefficient (Wildman–Crippen LogP) is 1.50. The first-order valence-corrected chi connectivity index (χ1v) is 5.47. The Hall–Kier alpha value is -1.20. The molecule has 0 aliphatic rings. The van der Waals surface area contributed by atoms with Crippen LogP contribution in [0.5, 0.6) is 0 Å². The molecule has 96 valence electrons. The summed E-state index contributed by atoms with van der Waals surface area (Å²) in [4.78, 5) is 1.40. The fourth-order valence-electron chi connectivity index (χ4n) is 1.60. The highest BCUT2D eigenvalue weighted by molar-refractivity contribution is 5.50. The van der Waals surface area contributed by atoms with Gasteiger partial charge in [-0.05, 0) is 31.7 Å². The molecular formula is C12H18F2N2O. The zero-order chi connectivity index (χ0) is 13.0. The molecular weight excluding hydrogens is 226 g/mol. The molecule has 0 radical (unpaired) electrons. The van der Waals surface area contributed by atoms with Crippen molar-refractivity contribution in [1.82, 2.24) is 5.32 Å². The largest absolute Gasteiger partial charge is 0.394 e. The van der Waals surface area contributed by atoms with E-state index in [0.717, 1.165) is 0 Å². The fourth-order valence-corrected chi connectivity index (χ4v) is 1.60. The van der Waals surface area contributed by atoms with Gasteiger partial charge in [-0.25, -0.2) is 8.78 Å². The Labute approximate surface area is 100 Å². The first-order valence-electron chi connectivity index (χ1n) is 5.47. The van der Waals surface area contributed by atoms with Crippen LogP contribution in [0, 0.1) is 11.6 Å². The average Bonchev–Trinajstić information content (AvgIpc) is 2.27. The molecule has 1 unspecified atom stereocenters. The lowest BCUT2D eigenvalue weighted by molar-refractivity contribution is 0.269. The van der Waals surface area contributed by atoms with E-state index in [2.05, 4.69) is 5.32 Å². The first kappa shape index (κ1) is 13.9. The van der Waals surface area contributed by atoms with Crippen molar-refractivity contribution in [2.24, 2.45) is 0 Å². The summed E-state index contributed by atoms with van der Waals surface area (Å²) in [5.74, 6) is -1.23. The van der Waals surface area contributed by atoms with Crippen LogP contribution in [-0.2, 0) is 6.54 Å². The summed E-state index contributed by atoms with van der Waals surface area (Å²) in [5.41, 5.74) is 0.447. The minimum absolute atomic E-state index is 0.105. The summed E-state index contributed by atoms with van der Waals surface area (Å²) in [7, 11) is 3.27. The van der Waals surface area contributed by atoms with Crippen molar-refractivity contribution in [2.45, 2.75) is 19.5 Å². The lowest BCUT2D eigenvalue weighted by atomic mass is 10.1. The highest BCUT2D eigenvalue weighted by Crippen LogP contribution is 2.25. The molecule has 0 aliphatic carbocycles. The SMILES string of the molecule is CNCc1cc(F)c(N(C)C(C)CO)c(F)c1. The van der Waals surface area contributed by atoms with Crippen LogP contribution in [-0.4, -0.2) is 31.9 Å². The molecule has 1 aromatic rings. The van der Waals surface area contributed by atoms with Gasteiger partial charge < -0.3 is 15.3 Å². The maximum Gasteiger partial charge on any atom is 0.149 e. The van der Waals surface area contributed by atoms with Crippen LogP contribution >= 0.6 is 0 Å². The summed E-state index contributed by atoms with van der Waals surface area (Å²) in [5, 5.41) is 11.8. The minimum Gasteiger partial charge on any atom is -0.394 e. The van der Waals surface area contributed by atoms with Gasteiger partial charge in [-0.2, -0.15) is 0 Å². The zero-order valence-corrected chi connectivity index (χ0v) is 10.3. The van der Waals surface area contributed by atoms with E-state index in [9.17, 15) is 8.78 Å². The number of halogens is 2. The zero-order valence-electron chi connectivity index (χ0n) is 10.3. The Morgan fingerprint density at radius 2 is 1.88 bits per heavy atom. The van der Waals surface area contributed by atoms with E-state index < -0.39 is 11.6 Å². The summed E-state index contributed by atoms with van der Waals surface area (Å²) in [6.07, 6.45) is 0. The monoisotopic (exact) mass is 244 g/mol. The molecule has 0 bridgehead atoms. The fraction of sp³-hybridized carbons (Fsp3) is 0.500. The van der Waals surface area contributed by atoms with Crippen LogP contribution in [0.25, 0.3) is 0 Å². The third kappa shape index (κ3) is 3.14. The third-order valence-corrected chi connectivity index (χ3v) is 2.74. The highest BCUT2D eigenvalue weighted by atomic mass is 19.1. The number of hydrogen-bond donors (Lipinski definition) is 2. The molecule has 1 atom stereocenters. The number of nitrogens with zero attached hydrogens (tertiary/aromatic N) is 1. The Morgan fingerprint density at radius 1 is 1.35 bits per heavy atom. The van der Waals surface area contributed by atoms with Crippen molar-refractivity contribution in [2.75, 3.05) is 25.6 Å². The Balaban J connectivity index is 3.08. The number of aliphatic hydroxyl groups is 1. The normalized spacial score (nSPS) is 12.6. The molecule has 0 saturated carbocycles. The maximum absolute atomic E-state index is 13.8. The van der Waals surface area contributed by atoms with E-state index in [1.165, 1.54) is 17.0 Å². The van der Waals surface area contributed by atoms with E-state index >= 15 is 0 Å². The second-order valence-corrected chi connectivity index (χ2v) is 4.08. The van der Waals surface area contributed by atoms with E-state index in [1.807, 2.05) is 0 Å². The molecule has 0 aromatic heterocycles. The first-order chi connectivity index (χ1) is 8.01. The number of hydrogen-bond acceptors (Lipinski definition) is 3. The molecule has 1 rings (SSSR count). The topological polar surface area (TPSA) is 35.5 Å². The third-order valence-electron chi connectivity index (χ3n) is 2.74. The predicted molar refractivity (Wildman–Crippen MR) is 64.1 cm³/mol.